The summed E-state index contributed by atoms with van der Waals surface area (Å²) in [6.45, 7) is 3.35. The number of aromatic nitrogens is 7. The van der Waals surface area contributed by atoms with E-state index in [0.29, 0.717) is 27.7 Å². The minimum absolute atomic E-state index is 0.0353. The van der Waals surface area contributed by atoms with Gasteiger partial charge in [-0.25, -0.2) is 9.07 Å². The van der Waals surface area contributed by atoms with Crippen LogP contribution in [0, 0.1) is 19.7 Å². The number of fused-ring (bicyclic) bond motifs is 1. The maximum Gasteiger partial charge on any atom is 0.263 e. The van der Waals surface area contributed by atoms with Gasteiger partial charge in [0.15, 0.2) is 5.65 Å². The number of H-pyrrole nitrogens is 1. The Morgan fingerprint density at radius 3 is 2.64 bits per heavy atom. The van der Waals surface area contributed by atoms with Crippen LogP contribution in [-0.4, -0.2) is 40.6 Å². The van der Waals surface area contributed by atoms with Gasteiger partial charge in [0.05, 0.1) is 22.6 Å². The number of hydrogen-bond acceptors (Lipinski definition) is 7. The van der Waals surface area contributed by atoms with E-state index in [9.17, 15) is 14.0 Å². The zero-order valence-corrected chi connectivity index (χ0v) is 21.2. The summed E-state index contributed by atoms with van der Waals surface area (Å²) in [6.07, 6.45) is 1.37. The number of carbonyl (C=O) groups is 1. The molecule has 0 spiro atoms. The maximum absolute atomic E-state index is 13.5. The second-order valence-corrected chi connectivity index (χ2v) is 9.05. The van der Waals surface area contributed by atoms with E-state index in [1.54, 1.807) is 44.2 Å². The van der Waals surface area contributed by atoms with Crippen LogP contribution in [0.3, 0.4) is 0 Å². The Morgan fingerprint density at radius 1 is 1.10 bits per heavy atom. The third kappa shape index (κ3) is 4.26. The third-order valence-electron chi connectivity index (χ3n) is 5.99. The Kier molecular flexibility index (Phi) is 5.80. The van der Waals surface area contributed by atoms with Gasteiger partial charge in [-0.15, -0.1) is 0 Å². The first-order chi connectivity index (χ1) is 18.8. The predicted octanol–water partition coefficient (Wildman–Crippen LogP) is 4.61. The quantitative estimate of drug-likeness (QED) is 0.323. The van der Waals surface area contributed by atoms with Crippen LogP contribution >= 0.6 is 11.6 Å². The van der Waals surface area contributed by atoms with Gasteiger partial charge in [0.2, 0.25) is 5.95 Å². The molecule has 0 aliphatic heterocycles. The lowest BCUT2D eigenvalue weighted by Gasteiger charge is -2.09. The molecule has 0 bridgehead atoms. The Hall–Kier alpha value is -5.10. The molecule has 2 aromatic carbocycles. The van der Waals surface area contributed by atoms with Crippen LogP contribution in [-0.2, 0) is 0 Å². The number of aromatic amines is 1. The molecule has 6 aromatic rings. The van der Waals surface area contributed by atoms with Crippen molar-refractivity contribution in [1.82, 2.24) is 34.7 Å². The first kappa shape index (κ1) is 24.2. The van der Waals surface area contributed by atoms with Gasteiger partial charge in [0.1, 0.15) is 34.0 Å². The number of halogens is 2. The molecule has 6 rings (SSSR count). The highest BCUT2D eigenvalue weighted by Crippen LogP contribution is 2.31. The zero-order valence-electron chi connectivity index (χ0n) is 20.4. The highest BCUT2D eigenvalue weighted by Gasteiger charge is 2.25. The van der Waals surface area contributed by atoms with Crippen molar-refractivity contribution in [3.8, 4) is 22.9 Å². The van der Waals surface area contributed by atoms with Crippen molar-refractivity contribution >= 4 is 34.4 Å². The molecule has 0 saturated heterocycles. The van der Waals surface area contributed by atoms with Crippen molar-refractivity contribution in [2.75, 3.05) is 5.32 Å². The monoisotopic (exact) mass is 544 g/mol. The Morgan fingerprint density at radius 2 is 1.87 bits per heavy atom. The van der Waals surface area contributed by atoms with Crippen LogP contribution in [0.4, 0.5) is 10.2 Å². The summed E-state index contributed by atoms with van der Waals surface area (Å²) < 4.78 is 21.5. The summed E-state index contributed by atoms with van der Waals surface area (Å²) in [4.78, 5) is 33.6. The molecule has 1 amide bonds. The van der Waals surface area contributed by atoms with E-state index in [1.165, 1.54) is 39.8 Å². The largest absolute Gasteiger partial charge is 0.360 e. The van der Waals surface area contributed by atoms with Crippen molar-refractivity contribution in [3.63, 3.8) is 0 Å². The van der Waals surface area contributed by atoms with E-state index in [1.807, 2.05) is 0 Å². The summed E-state index contributed by atoms with van der Waals surface area (Å²) in [5.41, 5.74) is 1.83. The number of aryl methyl sites for hydroxylation is 2. The van der Waals surface area contributed by atoms with E-state index >= 15 is 0 Å². The molecule has 39 heavy (non-hydrogen) atoms. The van der Waals surface area contributed by atoms with Gasteiger partial charge < -0.3 is 9.84 Å². The van der Waals surface area contributed by atoms with E-state index in [0.717, 1.165) is 0 Å². The minimum Gasteiger partial charge on any atom is -0.360 e. The lowest BCUT2D eigenvalue weighted by Crippen LogP contribution is -2.19. The Labute approximate surface area is 223 Å². The number of benzene rings is 2. The van der Waals surface area contributed by atoms with Crippen molar-refractivity contribution in [2.45, 2.75) is 13.8 Å². The minimum atomic E-state index is -0.524. The summed E-state index contributed by atoms with van der Waals surface area (Å²) in [5, 5.41) is 16.1. The van der Waals surface area contributed by atoms with Crippen molar-refractivity contribution in [1.29, 1.82) is 0 Å². The van der Waals surface area contributed by atoms with Crippen LogP contribution in [0.25, 0.3) is 33.9 Å². The fourth-order valence-corrected chi connectivity index (χ4v) is 4.41. The van der Waals surface area contributed by atoms with Gasteiger partial charge in [-0.3, -0.25) is 14.6 Å². The average molecular weight is 545 g/mol. The predicted molar refractivity (Wildman–Crippen MR) is 141 cm³/mol. The average Bonchev–Trinajstić information content (AvgIpc) is 3.61. The molecule has 0 aliphatic carbocycles. The number of anilines is 1. The topological polar surface area (TPSA) is 137 Å². The molecule has 11 nitrogen and oxygen atoms in total. The summed E-state index contributed by atoms with van der Waals surface area (Å²) in [7, 11) is 0. The number of rotatable bonds is 5. The Bertz CT molecular complexity index is 1940. The lowest BCUT2D eigenvalue weighted by molar-refractivity contribution is 0.102. The molecule has 0 atom stereocenters. The van der Waals surface area contributed by atoms with Crippen molar-refractivity contribution in [2.24, 2.45) is 0 Å². The van der Waals surface area contributed by atoms with Gasteiger partial charge in [0, 0.05) is 11.6 Å². The molecule has 13 heteroatoms. The van der Waals surface area contributed by atoms with E-state index in [2.05, 4.69) is 30.6 Å². The lowest BCUT2D eigenvalue weighted by atomic mass is 10.1. The molecule has 0 saturated carbocycles. The van der Waals surface area contributed by atoms with Gasteiger partial charge in [-0.2, -0.15) is 19.9 Å². The number of nitrogens with zero attached hydrogens (tertiary/aromatic N) is 6. The smallest absolute Gasteiger partial charge is 0.263 e. The molecule has 4 aromatic heterocycles. The van der Waals surface area contributed by atoms with Crippen molar-refractivity contribution < 1.29 is 13.7 Å². The molecule has 0 unspecified atom stereocenters. The molecule has 194 valence electrons. The zero-order chi connectivity index (χ0) is 27.3. The van der Waals surface area contributed by atoms with Crippen LogP contribution in [0.2, 0.25) is 5.02 Å². The highest BCUT2D eigenvalue weighted by molar-refractivity contribution is 6.33. The molecular formula is C26H18ClFN8O3. The van der Waals surface area contributed by atoms with Gasteiger partial charge in [-0.1, -0.05) is 35.0 Å². The first-order valence-corrected chi connectivity index (χ1v) is 12.0. The fourth-order valence-electron chi connectivity index (χ4n) is 4.18. The van der Waals surface area contributed by atoms with Crippen LogP contribution in [0.5, 0.6) is 0 Å². The summed E-state index contributed by atoms with van der Waals surface area (Å²) in [6, 6.07) is 14.2. The van der Waals surface area contributed by atoms with Crippen molar-refractivity contribution in [3.05, 3.63) is 99.0 Å². The molecular weight excluding hydrogens is 527 g/mol. The van der Waals surface area contributed by atoms with Gasteiger partial charge >= 0.3 is 0 Å². The Balaban J connectivity index is 1.41. The number of carbonyl (C=O) groups excluding carboxylic acids is 1. The van der Waals surface area contributed by atoms with Gasteiger partial charge in [-0.05, 0) is 44.2 Å². The summed E-state index contributed by atoms with van der Waals surface area (Å²) in [5.74, 6) is -0.368. The number of hydrogen-bond donors (Lipinski definition) is 2. The highest BCUT2D eigenvalue weighted by atomic mass is 35.5. The molecule has 0 radical (unpaired) electrons. The van der Waals surface area contributed by atoms with E-state index in [4.69, 9.17) is 16.1 Å². The standard InChI is InChI=1S/C26H18ClFN8O3/c1-13-11-20(30-25(38)21-14(2)39-34-22(21)17-5-3-4-6-19(17)27)36(33-13)26-31-23-18(24(37)32-26)12-29-35(23)16-9-7-15(28)8-10-16/h3-12H,1-2H3,(H,30,38)(H,31,32,37). The SMILES string of the molecule is Cc1cc(NC(=O)c2c(-c3ccccc3Cl)noc2C)n(-c2nc3c(cnn3-c3ccc(F)cc3)c(=O)[nH]2)n1. The summed E-state index contributed by atoms with van der Waals surface area (Å²) >= 11 is 6.34. The second kappa shape index (κ2) is 9.33. The van der Waals surface area contributed by atoms with Crippen LogP contribution in [0.15, 0.2) is 70.1 Å². The maximum atomic E-state index is 13.5. The molecule has 0 aliphatic rings. The van der Waals surface area contributed by atoms with E-state index in [-0.39, 0.29) is 34.1 Å². The van der Waals surface area contributed by atoms with Gasteiger partial charge in [0.25, 0.3) is 11.5 Å². The number of nitrogens with one attached hydrogen (secondary N) is 2. The molecule has 2 N–H and O–H groups in total. The fraction of sp³-hybridized carbons (Fsp3) is 0.0769. The molecule has 0 fully saturated rings. The van der Waals surface area contributed by atoms with E-state index < -0.39 is 17.3 Å². The van der Waals surface area contributed by atoms with Crippen LogP contribution < -0.4 is 10.9 Å². The molecule has 4 heterocycles. The third-order valence-corrected chi connectivity index (χ3v) is 6.32. The van der Waals surface area contributed by atoms with Crippen LogP contribution in [0.1, 0.15) is 21.8 Å². The number of amides is 1. The second-order valence-electron chi connectivity index (χ2n) is 8.64. The first-order valence-electron chi connectivity index (χ1n) is 11.6. The normalized spacial score (nSPS) is 11.3.